The van der Waals surface area contributed by atoms with Crippen LogP contribution in [0.4, 0.5) is 10.6 Å². The number of fused-ring (bicyclic) bond motifs is 3. The number of hydrogen-bond donors (Lipinski definition) is 2. The van der Waals surface area contributed by atoms with E-state index < -0.39 is 17.6 Å². The average Bonchev–Trinajstić information content (AvgIpc) is 3.45. The molecule has 36 heavy (non-hydrogen) atoms. The molecule has 0 radical (unpaired) electrons. The lowest BCUT2D eigenvalue weighted by Crippen LogP contribution is -2.52. The number of imide groups is 1. The molecule has 192 valence electrons. The van der Waals surface area contributed by atoms with Gasteiger partial charge in [0.1, 0.15) is 17.5 Å². The molecule has 0 aromatic carbocycles. The van der Waals surface area contributed by atoms with Crippen molar-refractivity contribution in [1.82, 2.24) is 25.0 Å². The number of carbonyl (C=O) groups is 5. The molecule has 0 aliphatic carbocycles. The highest BCUT2D eigenvalue weighted by molar-refractivity contribution is 6.05. The molecule has 1 unspecified atom stereocenters. The van der Waals surface area contributed by atoms with Gasteiger partial charge in [0.15, 0.2) is 0 Å². The fourth-order valence-corrected chi connectivity index (χ4v) is 5.38. The van der Waals surface area contributed by atoms with Crippen molar-refractivity contribution in [1.29, 1.82) is 0 Å². The first kappa shape index (κ1) is 24.2. The zero-order valence-electron chi connectivity index (χ0n) is 20.6. The summed E-state index contributed by atoms with van der Waals surface area (Å²) in [4.78, 5) is 71.1. The van der Waals surface area contributed by atoms with Crippen LogP contribution in [-0.4, -0.2) is 92.8 Å². The van der Waals surface area contributed by atoms with Gasteiger partial charge in [0.2, 0.25) is 17.7 Å². The first-order valence-electron chi connectivity index (χ1n) is 12.2. The van der Waals surface area contributed by atoms with E-state index in [0.717, 1.165) is 6.42 Å². The minimum atomic E-state index is -0.702. The number of aromatic nitrogens is 1. The summed E-state index contributed by atoms with van der Waals surface area (Å²) in [5.74, 6) is -1.02. The van der Waals surface area contributed by atoms with E-state index >= 15 is 0 Å². The maximum atomic E-state index is 12.8. The summed E-state index contributed by atoms with van der Waals surface area (Å²) >= 11 is 0. The van der Waals surface area contributed by atoms with Gasteiger partial charge in [0.25, 0.3) is 5.91 Å². The Morgan fingerprint density at radius 2 is 1.97 bits per heavy atom. The van der Waals surface area contributed by atoms with Gasteiger partial charge in [-0.05, 0) is 45.2 Å². The number of rotatable bonds is 4. The number of hydrogen-bond acceptors (Lipinski definition) is 8. The van der Waals surface area contributed by atoms with E-state index in [4.69, 9.17) is 4.74 Å². The van der Waals surface area contributed by atoms with Gasteiger partial charge in [0, 0.05) is 44.3 Å². The molecular formula is C24H30N6O6. The molecule has 5 heterocycles. The van der Waals surface area contributed by atoms with Gasteiger partial charge >= 0.3 is 6.09 Å². The normalized spacial score (nSPS) is 25.8. The minimum absolute atomic E-state index is 0.0278. The summed E-state index contributed by atoms with van der Waals surface area (Å²) in [7, 11) is 0. The standard InChI is InChI=1S/C24H30N6O6/c1-24(2,3)36-23(35)29-11-14-7-15(29)10-28(14)12-20(32)26-18-6-13-9-30(22(34)16(13)8-25-18)17-4-5-19(31)27-21(17)33/h6,8,14-15,17H,4-5,7,9-12H2,1-3H3,(H,25,26,32)(H,27,31,33)/t14-,15-,17?/m1/s1. The van der Waals surface area contributed by atoms with Crippen LogP contribution in [0.1, 0.15) is 56.0 Å². The molecule has 5 rings (SSSR count). The molecule has 4 aliphatic rings. The van der Waals surface area contributed by atoms with Crippen LogP contribution in [-0.2, 0) is 25.7 Å². The number of likely N-dealkylation sites (tertiary alicyclic amines) is 2. The van der Waals surface area contributed by atoms with E-state index in [-0.39, 0.29) is 61.8 Å². The van der Waals surface area contributed by atoms with Gasteiger partial charge in [0.05, 0.1) is 12.1 Å². The van der Waals surface area contributed by atoms with Crippen molar-refractivity contribution in [3.63, 3.8) is 0 Å². The van der Waals surface area contributed by atoms with Crippen LogP contribution in [0.15, 0.2) is 12.3 Å². The molecule has 1 aromatic rings. The van der Waals surface area contributed by atoms with Gasteiger partial charge in [-0.1, -0.05) is 0 Å². The maximum absolute atomic E-state index is 12.8. The quantitative estimate of drug-likeness (QED) is 0.571. The van der Waals surface area contributed by atoms with Crippen molar-refractivity contribution in [3.05, 3.63) is 23.4 Å². The van der Waals surface area contributed by atoms with Crippen LogP contribution in [0.5, 0.6) is 0 Å². The van der Waals surface area contributed by atoms with E-state index in [0.29, 0.717) is 30.0 Å². The molecule has 2 bridgehead atoms. The number of nitrogens with zero attached hydrogens (tertiary/aromatic N) is 4. The lowest BCUT2D eigenvalue weighted by molar-refractivity contribution is -0.137. The Morgan fingerprint density at radius 1 is 1.19 bits per heavy atom. The number of ether oxygens (including phenoxy) is 1. The van der Waals surface area contributed by atoms with E-state index in [1.165, 1.54) is 11.1 Å². The van der Waals surface area contributed by atoms with Crippen molar-refractivity contribution < 1.29 is 28.7 Å². The Morgan fingerprint density at radius 3 is 2.64 bits per heavy atom. The highest BCUT2D eigenvalue weighted by Gasteiger charge is 2.47. The molecule has 12 heteroatoms. The molecule has 5 amide bonds. The largest absolute Gasteiger partial charge is 0.444 e. The third kappa shape index (κ3) is 4.64. The van der Waals surface area contributed by atoms with E-state index in [9.17, 15) is 24.0 Å². The van der Waals surface area contributed by atoms with E-state index in [1.807, 2.05) is 20.8 Å². The number of piperazine rings is 1. The maximum Gasteiger partial charge on any atom is 0.410 e. The highest BCUT2D eigenvalue weighted by atomic mass is 16.6. The van der Waals surface area contributed by atoms with E-state index in [1.54, 1.807) is 11.0 Å². The number of pyridine rings is 1. The fraction of sp³-hybridized carbons (Fsp3) is 0.583. The predicted molar refractivity (Wildman–Crippen MR) is 126 cm³/mol. The zero-order valence-corrected chi connectivity index (χ0v) is 20.6. The number of amides is 5. The zero-order chi connectivity index (χ0) is 25.8. The third-order valence-electron chi connectivity index (χ3n) is 7.00. The van der Waals surface area contributed by atoms with Crippen LogP contribution < -0.4 is 10.6 Å². The Bertz CT molecular complexity index is 1150. The second kappa shape index (κ2) is 8.84. The van der Waals surface area contributed by atoms with Crippen molar-refractivity contribution in [3.8, 4) is 0 Å². The first-order valence-corrected chi connectivity index (χ1v) is 12.2. The summed E-state index contributed by atoms with van der Waals surface area (Å²) in [5, 5.41) is 5.07. The van der Waals surface area contributed by atoms with Crippen molar-refractivity contribution in [2.75, 3.05) is 25.0 Å². The van der Waals surface area contributed by atoms with Crippen molar-refractivity contribution >= 4 is 35.5 Å². The van der Waals surface area contributed by atoms with Crippen LogP contribution >= 0.6 is 0 Å². The lowest BCUT2D eigenvalue weighted by atomic mass is 10.0. The molecule has 0 saturated carbocycles. The number of piperidine rings is 1. The summed E-state index contributed by atoms with van der Waals surface area (Å²) in [6, 6.07) is 1.07. The molecule has 4 aliphatic heterocycles. The van der Waals surface area contributed by atoms with E-state index in [2.05, 4.69) is 20.5 Å². The Balaban J connectivity index is 1.16. The number of nitrogens with one attached hydrogen (secondary N) is 2. The number of carbonyl (C=O) groups excluding carboxylic acids is 5. The Hall–Kier alpha value is -3.54. The monoisotopic (exact) mass is 498 g/mol. The topological polar surface area (TPSA) is 141 Å². The third-order valence-corrected chi connectivity index (χ3v) is 7.00. The predicted octanol–water partition coefficient (Wildman–Crippen LogP) is 0.475. The lowest BCUT2D eigenvalue weighted by Gasteiger charge is -2.34. The molecule has 2 N–H and O–H groups in total. The van der Waals surface area contributed by atoms with Gasteiger partial charge in [-0.2, -0.15) is 0 Å². The fourth-order valence-electron chi connectivity index (χ4n) is 5.38. The summed E-state index contributed by atoms with van der Waals surface area (Å²) in [5.41, 5.74) is 0.505. The molecule has 3 saturated heterocycles. The first-order chi connectivity index (χ1) is 17.0. The van der Waals surface area contributed by atoms with Crippen LogP contribution in [0.25, 0.3) is 0 Å². The molecule has 12 nitrogen and oxygen atoms in total. The second-order valence-electron chi connectivity index (χ2n) is 10.8. The highest BCUT2D eigenvalue weighted by Crippen LogP contribution is 2.32. The van der Waals surface area contributed by atoms with Crippen molar-refractivity contribution in [2.45, 2.75) is 70.3 Å². The van der Waals surface area contributed by atoms with Gasteiger partial charge in [-0.15, -0.1) is 0 Å². The molecule has 3 fully saturated rings. The van der Waals surface area contributed by atoms with Gasteiger partial charge < -0.3 is 19.9 Å². The summed E-state index contributed by atoms with van der Waals surface area (Å²) < 4.78 is 5.49. The van der Waals surface area contributed by atoms with Gasteiger partial charge in [-0.3, -0.25) is 29.4 Å². The number of anilines is 1. The Labute approximate surface area is 208 Å². The minimum Gasteiger partial charge on any atom is -0.444 e. The molecule has 1 aromatic heterocycles. The molecular weight excluding hydrogens is 468 g/mol. The van der Waals surface area contributed by atoms with Crippen LogP contribution in [0, 0.1) is 0 Å². The second-order valence-corrected chi connectivity index (χ2v) is 10.8. The average molecular weight is 499 g/mol. The summed E-state index contributed by atoms with van der Waals surface area (Å²) in [6.07, 6.45) is 2.37. The van der Waals surface area contributed by atoms with Gasteiger partial charge in [-0.25, -0.2) is 9.78 Å². The van der Waals surface area contributed by atoms with Crippen LogP contribution in [0.3, 0.4) is 0 Å². The summed E-state index contributed by atoms with van der Waals surface area (Å²) in [6.45, 7) is 7.03. The van der Waals surface area contributed by atoms with Crippen molar-refractivity contribution in [2.24, 2.45) is 0 Å². The van der Waals surface area contributed by atoms with Crippen LogP contribution in [0.2, 0.25) is 0 Å². The molecule has 3 atom stereocenters. The Kier molecular flexibility index (Phi) is 5.93. The molecule has 0 spiro atoms. The SMILES string of the molecule is CC(C)(C)OC(=O)N1C[C@H]2C[C@@H]1CN2CC(=O)Nc1cc2c(cn1)C(=O)N(C1CCC(=O)NC1=O)C2. The smallest absolute Gasteiger partial charge is 0.410 e.